The smallest absolute Gasteiger partial charge is 0.269 e. The second-order valence-electron chi connectivity index (χ2n) is 8.77. The topological polar surface area (TPSA) is 73.4 Å². The summed E-state index contributed by atoms with van der Waals surface area (Å²) in [6.45, 7) is 14.0. The monoisotopic (exact) mass is 396 g/mol. The van der Waals surface area contributed by atoms with Crippen LogP contribution in [0.4, 0.5) is 5.82 Å². The van der Waals surface area contributed by atoms with Crippen LogP contribution in [0.2, 0.25) is 0 Å². The lowest BCUT2D eigenvalue weighted by Crippen LogP contribution is -2.47. The van der Waals surface area contributed by atoms with Crippen LogP contribution in [0.1, 0.15) is 42.5 Å². The number of hydrogen-bond donors (Lipinski definition) is 2. The molecule has 1 aromatic carbocycles. The predicted molar refractivity (Wildman–Crippen MR) is 116 cm³/mol. The third-order valence-electron chi connectivity index (χ3n) is 4.74. The Morgan fingerprint density at radius 1 is 1.17 bits per heavy atom. The molecule has 156 valence electrons. The summed E-state index contributed by atoms with van der Waals surface area (Å²) < 4.78 is 0. The summed E-state index contributed by atoms with van der Waals surface area (Å²) in [6, 6.07) is 9.69. The highest BCUT2D eigenvalue weighted by Gasteiger charge is 2.21. The van der Waals surface area contributed by atoms with Gasteiger partial charge in [0.15, 0.2) is 5.82 Å². The van der Waals surface area contributed by atoms with Crippen molar-refractivity contribution in [3.8, 4) is 0 Å². The number of nitrogens with zero attached hydrogens (tertiary/aromatic N) is 4. The molecule has 7 heteroatoms. The minimum atomic E-state index is -0.140. The van der Waals surface area contributed by atoms with Crippen LogP contribution in [-0.2, 0) is 6.54 Å². The molecule has 0 spiro atoms. The van der Waals surface area contributed by atoms with Crippen LogP contribution in [0.15, 0.2) is 36.5 Å². The number of hydrazine groups is 1. The maximum atomic E-state index is 12.9. The molecule has 0 unspecified atom stereocenters. The number of benzene rings is 1. The number of hydrogen-bond acceptors (Lipinski definition) is 6. The van der Waals surface area contributed by atoms with Crippen LogP contribution < -0.4 is 15.8 Å². The zero-order valence-corrected chi connectivity index (χ0v) is 17.9. The summed E-state index contributed by atoms with van der Waals surface area (Å²) in [5, 5.41) is 5.18. The molecule has 1 aliphatic heterocycles. The van der Waals surface area contributed by atoms with Gasteiger partial charge in [0.05, 0.1) is 0 Å². The van der Waals surface area contributed by atoms with Gasteiger partial charge in [0, 0.05) is 57.1 Å². The predicted octanol–water partition coefficient (Wildman–Crippen LogP) is 2.39. The molecule has 0 radical (unpaired) electrons. The number of aromatic nitrogens is 2. The number of amides is 1. The molecular weight excluding hydrogens is 364 g/mol. The number of rotatable bonds is 6. The highest BCUT2D eigenvalue weighted by atomic mass is 16.2. The van der Waals surface area contributed by atoms with Gasteiger partial charge >= 0.3 is 0 Å². The first-order valence-corrected chi connectivity index (χ1v) is 10.2. The molecule has 0 bridgehead atoms. The Labute approximate surface area is 173 Å². The summed E-state index contributed by atoms with van der Waals surface area (Å²) >= 11 is 0. The van der Waals surface area contributed by atoms with E-state index in [2.05, 4.69) is 46.4 Å². The van der Waals surface area contributed by atoms with E-state index in [0.717, 1.165) is 32.7 Å². The lowest BCUT2D eigenvalue weighted by Gasteiger charge is -2.31. The van der Waals surface area contributed by atoms with Gasteiger partial charge in [0.2, 0.25) is 0 Å². The number of carbonyl (C=O) groups excluding carboxylic acids is 1. The van der Waals surface area contributed by atoms with Crippen molar-refractivity contribution < 1.29 is 4.79 Å². The fourth-order valence-electron chi connectivity index (χ4n) is 3.32. The summed E-state index contributed by atoms with van der Waals surface area (Å²) in [7, 11) is 0. The molecular formula is C22H32N6O. The van der Waals surface area contributed by atoms with Gasteiger partial charge in [0.25, 0.3) is 5.91 Å². The fraction of sp³-hybridized carbons (Fsp3) is 0.500. The summed E-state index contributed by atoms with van der Waals surface area (Å²) in [6.07, 6.45) is 1.71. The standard InChI is InChI=1S/C22H32N6O/c1-17-24-10-9-20(25-17)28(16-22(2,3)4)26-21(29)19-7-5-18(6-8-19)15-27-13-11-23-12-14-27/h5-10,23H,11-16H2,1-4H3,(H,26,29). The first-order chi connectivity index (χ1) is 13.8. The van der Waals surface area contributed by atoms with Crippen molar-refractivity contribution in [3.63, 3.8) is 0 Å². The van der Waals surface area contributed by atoms with Crippen molar-refractivity contribution in [2.45, 2.75) is 34.2 Å². The minimum Gasteiger partial charge on any atom is -0.314 e. The van der Waals surface area contributed by atoms with Crippen molar-refractivity contribution in [3.05, 3.63) is 53.5 Å². The fourth-order valence-corrected chi connectivity index (χ4v) is 3.32. The van der Waals surface area contributed by atoms with Gasteiger partial charge in [-0.05, 0) is 30.0 Å². The van der Waals surface area contributed by atoms with Crippen molar-refractivity contribution in [1.82, 2.24) is 25.6 Å². The Bertz CT molecular complexity index is 809. The van der Waals surface area contributed by atoms with E-state index in [4.69, 9.17) is 0 Å². The van der Waals surface area contributed by atoms with Crippen molar-refractivity contribution >= 4 is 11.7 Å². The summed E-state index contributed by atoms with van der Waals surface area (Å²) in [5.41, 5.74) is 4.87. The zero-order chi connectivity index (χ0) is 20.9. The lowest BCUT2D eigenvalue weighted by atomic mass is 9.97. The summed E-state index contributed by atoms with van der Waals surface area (Å²) in [4.78, 5) is 23.9. The Balaban J connectivity index is 1.68. The summed E-state index contributed by atoms with van der Waals surface area (Å²) in [5.74, 6) is 1.23. The molecule has 1 amide bonds. The van der Waals surface area contributed by atoms with Crippen LogP contribution >= 0.6 is 0 Å². The van der Waals surface area contributed by atoms with Gasteiger partial charge in [-0.2, -0.15) is 0 Å². The Morgan fingerprint density at radius 2 is 1.86 bits per heavy atom. The van der Waals surface area contributed by atoms with E-state index in [0.29, 0.717) is 23.8 Å². The van der Waals surface area contributed by atoms with E-state index in [1.807, 2.05) is 42.3 Å². The molecule has 0 atom stereocenters. The van der Waals surface area contributed by atoms with E-state index < -0.39 is 0 Å². The van der Waals surface area contributed by atoms with Crippen molar-refractivity contribution in [1.29, 1.82) is 0 Å². The molecule has 0 saturated carbocycles. The molecule has 1 aliphatic rings. The zero-order valence-electron chi connectivity index (χ0n) is 17.9. The second kappa shape index (κ2) is 9.33. The van der Waals surface area contributed by atoms with Gasteiger partial charge in [-0.15, -0.1) is 0 Å². The quantitative estimate of drug-likeness (QED) is 0.731. The van der Waals surface area contributed by atoms with Gasteiger partial charge in [-0.1, -0.05) is 32.9 Å². The molecule has 1 fully saturated rings. The van der Waals surface area contributed by atoms with Crippen molar-refractivity contribution in [2.75, 3.05) is 37.7 Å². The van der Waals surface area contributed by atoms with Crippen molar-refractivity contribution in [2.24, 2.45) is 5.41 Å². The van der Waals surface area contributed by atoms with Gasteiger partial charge in [-0.25, -0.2) is 9.97 Å². The van der Waals surface area contributed by atoms with E-state index >= 15 is 0 Å². The highest BCUT2D eigenvalue weighted by Crippen LogP contribution is 2.19. The number of carbonyl (C=O) groups is 1. The van der Waals surface area contributed by atoms with Gasteiger partial charge in [0.1, 0.15) is 5.82 Å². The minimum absolute atomic E-state index is 0.0146. The number of nitrogens with one attached hydrogen (secondary N) is 2. The molecule has 2 aromatic rings. The average Bonchev–Trinajstić information content (AvgIpc) is 2.68. The average molecular weight is 397 g/mol. The first-order valence-electron chi connectivity index (χ1n) is 10.2. The molecule has 2 N–H and O–H groups in total. The Morgan fingerprint density at radius 3 is 2.48 bits per heavy atom. The number of anilines is 1. The van der Waals surface area contributed by atoms with Crippen LogP contribution in [0.5, 0.6) is 0 Å². The van der Waals surface area contributed by atoms with E-state index in [-0.39, 0.29) is 11.3 Å². The SMILES string of the molecule is Cc1nccc(N(CC(C)(C)C)NC(=O)c2ccc(CN3CCNCC3)cc2)n1. The van der Waals surface area contributed by atoms with E-state index in [9.17, 15) is 4.79 Å². The molecule has 2 heterocycles. The van der Waals surface area contributed by atoms with Crippen LogP contribution in [0, 0.1) is 12.3 Å². The third-order valence-corrected chi connectivity index (χ3v) is 4.74. The molecule has 1 aromatic heterocycles. The van der Waals surface area contributed by atoms with Crippen LogP contribution in [0.25, 0.3) is 0 Å². The second-order valence-corrected chi connectivity index (χ2v) is 8.77. The highest BCUT2D eigenvalue weighted by molar-refractivity contribution is 5.95. The molecule has 1 saturated heterocycles. The lowest BCUT2D eigenvalue weighted by molar-refractivity contribution is 0.0945. The maximum Gasteiger partial charge on any atom is 0.269 e. The van der Waals surface area contributed by atoms with Crippen LogP contribution in [0.3, 0.4) is 0 Å². The van der Waals surface area contributed by atoms with Crippen LogP contribution in [-0.4, -0.2) is 53.5 Å². The first kappa shape index (κ1) is 21.2. The number of piperazine rings is 1. The largest absolute Gasteiger partial charge is 0.314 e. The molecule has 7 nitrogen and oxygen atoms in total. The molecule has 0 aliphatic carbocycles. The third kappa shape index (κ3) is 6.51. The molecule has 29 heavy (non-hydrogen) atoms. The van der Waals surface area contributed by atoms with Gasteiger partial charge < -0.3 is 5.32 Å². The van der Waals surface area contributed by atoms with Gasteiger partial charge in [-0.3, -0.25) is 20.1 Å². The Hall–Kier alpha value is -2.51. The number of aryl methyl sites for hydroxylation is 1. The maximum absolute atomic E-state index is 12.9. The van der Waals surface area contributed by atoms with E-state index in [1.165, 1.54) is 5.56 Å². The van der Waals surface area contributed by atoms with E-state index in [1.54, 1.807) is 6.20 Å². The normalized spacial score (nSPS) is 15.2. The Kier molecular flexibility index (Phi) is 6.82. The molecule has 3 rings (SSSR count).